The second-order valence-corrected chi connectivity index (χ2v) is 12.7. The summed E-state index contributed by atoms with van der Waals surface area (Å²) in [5.74, 6) is 0.414. The third-order valence-electron chi connectivity index (χ3n) is 8.34. The van der Waals surface area contributed by atoms with Crippen LogP contribution in [0.15, 0.2) is 109 Å². The number of nitrogens with zero attached hydrogens (tertiary/aromatic N) is 1. The predicted molar refractivity (Wildman–Crippen MR) is 171 cm³/mol. The van der Waals surface area contributed by atoms with Gasteiger partial charge in [-0.25, -0.2) is 0 Å². The highest BCUT2D eigenvalue weighted by Gasteiger charge is 2.17. The molecule has 3 heteroatoms. The van der Waals surface area contributed by atoms with Crippen LogP contribution in [0.4, 0.5) is 0 Å². The van der Waals surface area contributed by atoms with E-state index >= 15 is 0 Å². The Morgan fingerprint density at radius 2 is 1.26 bits per heavy atom. The molecule has 0 aliphatic heterocycles. The van der Waals surface area contributed by atoms with E-state index in [2.05, 4.69) is 126 Å². The van der Waals surface area contributed by atoms with Crippen LogP contribution in [0.3, 0.4) is 0 Å². The molecular formula is C36H23NS2. The van der Waals surface area contributed by atoms with Crippen molar-refractivity contribution in [3.63, 3.8) is 0 Å². The minimum Gasteiger partial charge on any atom is -0.309 e. The molecule has 0 fully saturated rings. The van der Waals surface area contributed by atoms with Gasteiger partial charge in [0.15, 0.2) is 0 Å². The zero-order chi connectivity index (χ0) is 25.5. The molecule has 0 N–H and O–H groups in total. The Bertz CT molecular complexity index is 2330. The van der Waals surface area contributed by atoms with Crippen LogP contribution < -0.4 is 9.75 Å². The van der Waals surface area contributed by atoms with Crippen LogP contribution in [-0.2, 0) is 0 Å². The van der Waals surface area contributed by atoms with Gasteiger partial charge < -0.3 is 4.57 Å². The lowest BCUT2D eigenvalue weighted by atomic mass is 9.91. The summed E-state index contributed by atoms with van der Waals surface area (Å²) in [6.07, 6.45) is 6.02. The summed E-state index contributed by atoms with van der Waals surface area (Å²) in [5.41, 5.74) is 5.16. The third-order valence-corrected chi connectivity index (χ3v) is 10.6. The average Bonchev–Trinajstić information content (AvgIpc) is 3.65. The first-order chi connectivity index (χ1) is 19.3. The largest absolute Gasteiger partial charge is 0.309 e. The molecule has 0 amide bonds. The van der Waals surface area contributed by atoms with Crippen molar-refractivity contribution in [2.24, 2.45) is 0 Å². The Kier molecular flexibility index (Phi) is 4.54. The summed E-state index contributed by atoms with van der Waals surface area (Å²) in [4.78, 5) is 0. The second kappa shape index (κ2) is 8.16. The normalized spacial score (nSPS) is 15.2. The molecule has 0 bridgehead atoms. The number of thiophene rings is 2. The Labute approximate surface area is 233 Å². The predicted octanol–water partition coefficient (Wildman–Crippen LogP) is 9.11. The second-order valence-electron chi connectivity index (χ2n) is 10.5. The van der Waals surface area contributed by atoms with Crippen LogP contribution >= 0.6 is 22.7 Å². The molecule has 184 valence electrons. The Hall–Kier alpha value is -4.18. The van der Waals surface area contributed by atoms with Crippen molar-refractivity contribution in [3.8, 4) is 5.69 Å². The molecule has 5 aromatic carbocycles. The van der Waals surface area contributed by atoms with Crippen molar-refractivity contribution in [1.29, 1.82) is 0 Å². The van der Waals surface area contributed by atoms with E-state index in [1.807, 2.05) is 22.7 Å². The van der Waals surface area contributed by atoms with E-state index in [0.29, 0.717) is 5.92 Å². The first-order valence-corrected chi connectivity index (χ1v) is 15.1. The molecule has 3 aromatic heterocycles. The highest BCUT2D eigenvalue weighted by Crippen LogP contribution is 2.37. The van der Waals surface area contributed by atoms with E-state index in [4.69, 9.17) is 0 Å². The van der Waals surface area contributed by atoms with Gasteiger partial charge in [0.2, 0.25) is 0 Å². The lowest BCUT2D eigenvalue weighted by Gasteiger charge is -2.13. The fraction of sp³-hybridized carbons (Fsp3) is 0.0556. The van der Waals surface area contributed by atoms with Crippen molar-refractivity contribution in [1.82, 2.24) is 4.57 Å². The average molecular weight is 534 g/mol. The maximum atomic E-state index is 2.51. The Morgan fingerprint density at radius 1 is 0.564 bits per heavy atom. The number of benzene rings is 5. The van der Waals surface area contributed by atoms with Crippen molar-refractivity contribution in [3.05, 3.63) is 125 Å². The summed E-state index contributed by atoms with van der Waals surface area (Å²) in [6, 6.07) is 40.3. The highest BCUT2D eigenvalue weighted by molar-refractivity contribution is 7.25. The minimum absolute atomic E-state index is 0.414. The SMILES string of the molecule is C1=c2sc3ccc(-n4c5ccccc5c5ccccc54)cc3c2=CCC1c1ccc2c(c1)sc1ccccc12. The molecule has 39 heavy (non-hydrogen) atoms. The van der Waals surface area contributed by atoms with Gasteiger partial charge in [-0.1, -0.05) is 78.9 Å². The molecule has 1 aliphatic rings. The van der Waals surface area contributed by atoms with Gasteiger partial charge in [-0.3, -0.25) is 0 Å². The summed E-state index contributed by atoms with van der Waals surface area (Å²) in [5, 5.41) is 8.12. The molecule has 8 aromatic rings. The molecule has 1 nitrogen and oxygen atoms in total. The molecule has 0 saturated heterocycles. The van der Waals surface area contributed by atoms with Gasteiger partial charge in [0, 0.05) is 57.2 Å². The van der Waals surface area contributed by atoms with Crippen molar-refractivity contribution in [2.45, 2.75) is 12.3 Å². The quantitative estimate of drug-likeness (QED) is 0.209. The maximum absolute atomic E-state index is 2.51. The third kappa shape index (κ3) is 3.18. The van der Waals surface area contributed by atoms with E-state index in [0.717, 1.165) is 6.42 Å². The molecule has 3 heterocycles. The summed E-state index contributed by atoms with van der Waals surface area (Å²) in [7, 11) is 0. The highest BCUT2D eigenvalue weighted by atomic mass is 32.1. The fourth-order valence-electron chi connectivity index (χ4n) is 6.50. The van der Waals surface area contributed by atoms with Crippen molar-refractivity contribution < 1.29 is 0 Å². The number of fused-ring (bicyclic) bond motifs is 9. The van der Waals surface area contributed by atoms with E-state index in [1.165, 1.54) is 73.1 Å². The molecule has 1 aliphatic carbocycles. The zero-order valence-electron chi connectivity index (χ0n) is 21.1. The zero-order valence-corrected chi connectivity index (χ0v) is 22.7. The van der Waals surface area contributed by atoms with E-state index < -0.39 is 0 Å². The van der Waals surface area contributed by atoms with Crippen LogP contribution in [0.1, 0.15) is 17.9 Å². The van der Waals surface area contributed by atoms with Crippen molar-refractivity contribution in [2.75, 3.05) is 0 Å². The molecule has 0 radical (unpaired) electrons. The first kappa shape index (κ1) is 21.7. The first-order valence-electron chi connectivity index (χ1n) is 13.5. The van der Waals surface area contributed by atoms with Crippen LogP contribution in [0.2, 0.25) is 0 Å². The van der Waals surface area contributed by atoms with Gasteiger partial charge >= 0.3 is 0 Å². The number of hydrogen-bond acceptors (Lipinski definition) is 2. The van der Waals surface area contributed by atoms with E-state index in [-0.39, 0.29) is 0 Å². The fourth-order valence-corrected chi connectivity index (χ4v) is 8.84. The lowest BCUT2D eigenvalue weighted by molar-refractivity contribution is 0.929. The number of hydrogen-bond donors (Lipinski definition) is 0. The van der Waals surface area contributed by atoms with Gasteiger partial charge in [0.25, 0.3) is 0 Å². The van der Waals surface area contributed by atoms with Crippen LogP contribution in [0, 0.1) is 0 Å². The number of rotatable bonds is 2. The maximum Gasteiger partial charge on any atom is 0.0541 e. The lowest BCUT2D eigenvalue weighted by Crippen LogP contribution is -2.23. The van der Waals surface area contributed by atoms with Crippen LogP contribution in [0.25, 0.3) is 69.9 Å². The number of aromatic nitrogens is 1. The summed E-state index contributed by atoms with van der Waals surface area (Å²) < 4.78 is 7.94. The van der Waals surface area contributed by atoms with Gasteiger partial charge in [0.1, 0.15) is 0 Å². The molecule has 9 rings (SSSR count). The Balaban J connectivity index is 1.18. The Morgan fingerprint density at radius 3 is 2.08 bits per heavy atom. The monoisotopic (exact) mass is 533 g/mol. The molecule has 0 saturated carbocycles. The topological polar surface area (TPSA) is 4.93 Å². The van der Waals surface area contributed by atoms with E-state index in [1.54, 1.807) is 0 Å². The van der Waals surface area contributed by atoms with Gasteiger partial charge in [-0.2, -0.15) is 0 Å². The van der Waals surface area contributed by atoms with Crippen molar-refractivity contribution >= 4 is 86.9 Å². The number of para-hydroxylation sites is 2. The summed E-state index contributed by atoms with van der Waals surface area (Å²) >= 11 is 3.83. The van der Waals surface area contributed by atoms with Gasteiger partial charge in [-0.05, 0) is 59.7 Å². The summed E-state index contributed by atoms with van der Waals surface area (Å²) in [6.45, 7) is 0. The van der Waals surface area contributed by atoms with Gasteiger partial charge in [-0.15, -0.1) is 22.7 Å². The van der Waals surface area contributed by atoms with Crippen LogP contribution in [0.5, 0.6) is 0 Å². The van der Waals surface area contributed by atoms with E-state index in [9.17, 15) is 0 Å². The minimum atomic E-state index is 0.414. The standard InChI is InChI=1S/C36H23NS2/c1-4-10-31-25(7-1)26-8-2-5-11-32(26)37(31)24-15-18-34-30(21-24)29-17-14-23(20-36(29)39-34)22-13-16-28-27-9-3-6-12-33(27)38-35(28)19-22/h1-13,15-21,23H,14H2. The smallest absolute Gasteiger partial charge is 0.0541 e. The molecule has 1 atom stereocenters. The van der Waals surface area contributed by atoms with Gasteiger partial charge in [0.05, 0.1) is 11.0 Å². The molecular weight excluding hydrogens is 511 g/mol. The molecule has 1 unspecified atom stereocenters. The molecule has 0 spiro atoms. The van der Waals surface area contributed by atoms with Crippen LogP contribution in [-0.4, -0.2) is 4.57 Å².